The molecular formula is C30H41N11O2. The number of H-pyrrole nitrogens is 2. The second-order valence-electron chi connectivity index (χ2n) is 12.0. The van der Waals surface area contributed by atoms with Crippen LogP contribution >= 0.6 is 0 Å². The first-order valence-corrected chi connectivity index (χ1v) is 15.1. The number of hydrogen-bond acceptors (Lipinski definition) is 9. The van der Waals surface area contributed by atoms with E-state index in [1.54, 1.807) is 12.7 Å². The van der Waals surface area contributed by atoms with Crippen LogP contribution in [-0.2, 0) is 9.59 Å². The third kappa shape index (κ3) is 5.73. The number of likely N-dealkylation sites (tertiary alicyclic amines) is 2. The van der Waals surface area contributed by atoms with E-state index in [-0.39, 0.29) is 37.0 Å². The van der Waals surface area contributed by atoms with Crippen molar-refractivity contribution in [1.29, 1.82) is 0 Å². The Labute approximate surface area is 251 Å². The average molecular weight is 588 g/mol. The number of carbonyl (C=O) groups is 2. The highest BCUT2D eigenvalue weighted by Gasteiger charge is 2.34. The van der Waals surface area contributed by atoms with Gasteiger partial charge in [0.25, 0.3) is 0 Å². The van der Waals surface area contributed by atoms with Crippen LogP contribution in [-0.4, -0.2) is 117 Å². The van der Waals surface area contributed by atoms with E-state index in [1.807, 2.05) is 48.4 Å². The molecule has 43 heavy (non-hydrogen) atoms. The average Bonchev–Trinajstić information content (AvgIpc) is 3.70. The van der Waals surface area contributed by atoms with E-state index >= 15 is 0 Å². The zero-order valence-electron chi connectivity index (χ0n) is 25.3. The van der Waals surface area contributed by atoms with Crippen molar-refractivity contribution in [1.82, 2.24) is 45.0 Å². The number of amides is 2. The number of piperidine rings is 2. The second-order valence-corrected chi connectivity index (χ2v) is 12.0. The summed E-state index contributed by atoms with van der Waals surface area (Å²) < 4.78 is 0. The lowest BCUT2D eigenvalue weighted by Crippen LogP contribution is -2.55. The first kappa shape index (κ1) is 28.8. The standard InChI is InChI=1S/C30H41N11O2/c1-19-7-11-40(15-23(19)38(3)29-21-5-9-32-27(21)34-17-36-29)25(42)13-31-14-26(43)41-12-8-20(2)24(16-41)39(4)30-22-6-10-33-28(22)35-18-37-30/h5-6,9-10,17-20,23-24,31H,7-8,11-16H2,1-4H3,(H,32,34,36)(H,33,35,37)/t19-,20-,23+,24+/m1/s1. The van der Waals surface area contributed by atoms with Gasteiger partial charge in [0.15, 0.2) is 0 Å². The number of fused-ring (bicyclic) bond motifs is 2. The van der Waals surface area contributed by atoms with E-state index in [2.05, 4.69) is 58.9 Å². The molecule has 0 aromatic carbocycles. The Morgan fingerprint density at radius 2 is 1.23 bits per heavy atom. The summed E-state index contributed by atoms with van der Waals surface area (Å²) in [5.74, 6) is 2.54. The van der Waals surface area contributed by atoms with Gasteiger partial charge in [-0.2, -0.15) is 0 Å². The van der Waals surface area contributed by atoms with Gasteiger partial charge in [-0.05, 0) is 36.8 Å². The Hall–Kier alpha value is -4.26. The van der Waals surface area contributed by atoms with Crippen molar-refractivity contribution < 1.29 is 9.59 Å². The molecule has 0 unspecified atom stereocenters. The molecule has 0 bridgehead atoms. The van der Waals surface area contributed by atoms with E-state index in [1.165, 1.54) is 0 Å². The summed E-state index contributed by atoms with van der Waals surface area (Å²) in [5, 5.41) is 5.07. The Bertz CT molecular complexity index is 1470. The number of aromatic nitrogens is 6. The molecule has 13 heteroatoms. The summed E-state index contributed by atoms with van der Waals surface area (Å²) in [7, 11) is 4.08. The molecule has 4 atom stereocenters. The Kier molecular flexibility index (Phi) is 8.15. The SMILES string of the molecule is C[C@@H]1CCN(C(=O)CNCC(=O)N2CC[C@@H](C)[C@@H](N(C)c3ncnc4[nH]ccc34)C2)C[C@@H]1N(C)c1ncnc2[nH]ccc12. The smallest absolute Gasteiger partial charge is 0.236 e. The fraction of sp³-hybridized carbons (Fsp3) is 0.533. The monoisotopic (exact) mass is 587 g/mol. The predicted octanol–water partition coefficient (Wildman–Crippen LogP) is 1.87. The van der Waals surface area contributed by atoms with Gasteiger partial charge in [0, 0.05) is 52.7 Å². The molecule has 2 fully saturated rings. The molecule has 0 aliphatic carbocycles. The van der Waals surface area contributed by atoms with Crippen LogP contribution in [0.15, 0.2) is 37.2 Å². The maximum atomic E-state index is 13.2. The normalized spacial score (nSPS) is 22.7. The van der Waals surface area contributed by atoms with Gasteiger partial charge in [-0.1, -0.05) is 13.8 Å². The molecule has 2 aliphatic rings. The first-order chi connectivity index (χ1) is 20.8. The number of anilines is 2. The summed E-state index contributed by atoms with van der Waals surface area (Å²) in [4.78, 5) is 58.6. The summed E-state index contributed by atoms with van der Waals surface area (Å²) in [6.07, 6.45) is 8.69. The van der Waals surface area contributed by atoms with Crippen molar-refractivity contribution in [2.45, 2.75) is 38.8 Å². The van der Waals surface area contributed by atoms with Crippen molar-refractivity contribution in [3.05, 3.63) is 37.2 Å². The van der Waals surface area contributed by atoms with Gasteiger partial charge in [-0.3, -0.25) is 14.9 Å². The molecule has 228 valence electrons. The van der Waals surface area contributed by atoms with Crippen molar-refractivity contribution in [2.24, 2.45) is 11.8 Å². The van der Waals surface area contributed by atoms with E-state index < -0.39 is 0 Å². The lowest BCUT2D eigenvalue weighted by Gasteiger charge is -2.42. The fourth-order valence-electron chi connectivity index (χ4n) is 6.65. The minimum absolute atomic E-state index is 0.0109. The fourth-order valence-corrected chi connectivity index (χ4v) is 6.65. The van der Waals surface area contributed by atoms with Crippen molar-refractivity contribution in [3.63, 3.8) is 0 Å². The Morgan fingerprint density at radius 1 is 0.791 bits per heavy atom. The van der Waals surface area contributed by atoms with Crippen LogP contribution in [0.3, 0.4) is 0 Å². The molecule has 2 amide bonds. The molecule has 6 rings (SSSR count). The van der Waals surface area contributed by atoms with Crippen LogP contribution in [0, 0.1) is 11.8 Å². The van der Waals surface area contributed by atoms with Gasteiger partial charge >= 0.3 is 0 Å². The number of likely N-dealkylation sites (N-methyl/N-ethyl adjacent to an activating group) is 2. The van der Waals surface area contributed by atoms with E-state index in [9.17, 15) is 9.59 Å². The quantitative estimate of drug-likeness (QED) is 0.282. The summed E-state index contributed by atoms with van der Waals surface area (Å²) in [5.41, 5.74) is 1.60. The lowest BCUT2D eigenvalue weighted by atomic mass is 9.92. The minimum atomic E-state index is 0.0109. The Morgan fingerprint density at radius 3 is 1.67 bits per heavy atom. The van der Waals surface area contributed by atoms with Gasteiger partial charge in [-0.15, -0.1) is 0 Å². The molecule has 2 aliphatic heterocycles. The van der Waals surface area contributed by atoms with Crippen LogP contribution in [0.2, 0.25) is 0 Å². The molecule has 13 nitrogen and oxygen atoms in total. The highest BCUT2D eigenvalue weighted by molar-refractivity contribution is 5.88. The van der Waals surface area contributed by atoms with Crippen molar-refractivity contribution in [3.8, 4) is 0 Å². The third-order valence-electron chi connectivity index (χ3n) is 9.42. The predicted molar refractivity (Wildman–Crippen MR) is 166 cm³/mol. The number of nitrogens with zero attached hydrogens (tertiary/aromatic N) is 8. The summed E-state index contributed by atoms with van der Waals surface area (Å²) in [6.45, 7) is 7.35. The number of hydrogen-bond donors (Lipinski definition) is 3. The van der Waals surface area contributed by atoms with E-state index in [4.69, 9.17) is 0 Å². The second kappa shape index (κ2) is 12.2. The maximum absolute atomic E-state index is 13.2. The maximum Gasteiger partial charge on any atom is 0.236 e. The van der Waals surface area contributed by atoms with Crippen LogP contribution < -0.4 is 15.1 Å². The molecule has 0 spiro atoms. The molecule has 0 saturated carbocycles. The van der Waals surface area contributed by atoms with Gasteiger partial charge in [0.1, 0.15) is 35.6 Å². The number of nitrogens with one attached hydrogen (secondary N) is 3. The van der Waals surface area contributed by atoms with Crippen LogP contribution in [0.4, 0.5) is 11.6 Å². The third-order valence-corrected chi connectivity index (χ3v) is 9.42. The van der Waals surface area contributed by atoms with Crippen LogP contribution in [0.25, 0.3) is 22.1 Å². The molecule has 2 saturated heterocycles. The number of rotatable bonds is 8. The topological polar surface area (TPSA) is 142 Å². The molecule has 0 radical (unpaired) electrons. The molecule has 6 heterocycles. The highest BCUT2D eigenvalue weighted by Crippen LogP contribution is 2.30. The minimum Gasteiger partial charge on any atom is -0.354 e. The largest absolute Gasteiger partial charge is 0.354 e. The van der Waals surface area contributed by atoms with Crippen molar-refractivity contribution >= 4 is 45.5 Å². The zero-order chi connectivity index (χ0) is 30.1. The Balaban J connectivity index is 1.02. The van der Waals surface area contributed by atoms with Gasteiger partial charge in [0.05, 0.1) is 35.9 Å². The summed E-state index contributed by atoms with van der Waals surface area (Å²) in [6, 6.07) is 4.22. The first-order valence-electron chi connectivity index (χ1n) is 15.1. The van der Waals surface area contributed by atoms with E-state index in [0.29, 0.717) is 38.0 Å². The number of aromatic amines is 2. The van der Waals surface area contributed by atoms with Crippen LogP contribution in [0.5, 0.6) is 0 Å². The molecule has 4 aromatic heterocycles. The summed E-state index contributed by atoms with van der Waals surface area (Å²) >= 11 is 0. The molecule has 3 N–H and O–H groups in total. The van der Waals surface area contributed by atoms with Crippen molar-refractivity contribution in [2.75, 3.05) is 63.2 Å². The lowest BCUT2D eigenvalue weighted by molar-refractivity contribution is -0.133. The van der Waals surface area contributed by atoms with Crippen LogP contribution in [0.1, 0.15) is 26.7 Å². The van der Waals surface area contributed by atoms with E-state index in [0.717, 1.165) is 46.5 Å². The highest BCUT2D eigenvalue weighted by atomic mass is 16.2. The zero-order valence-corrected chi connectivity index (χ0v) is 25.3. The van der Waals surface area contributed by atoms with Gasteiger partial charge < -0.3 is 29.6 Å². The molecule has 4 aromatic rings. The van der Waals surface area contributed by atoms with Gasteiger partial charge in [-0.25, -0.2) is 19.9 Å². The van der Waals surface area contributed by atoms with Gasteiger partial charge in [0.2, 0.25) is 11.8 Å². The number of carbonyl (C=O) groups excluding carboxylic acids is 2. The molecular weight excluding hydrogens is 546 g/mol.